The third kappa shape index (κ3) is 4.89. The second-order valence-corrected chi connectivity index (χ2v) is 7.43. The summed E-state index contributed by atoms with van der Waals surface area (Å²) >= 11 is 5.90. The van der Waals surface area contributed by atoms with Crippen LogP contribution < -0.4 is 9.47 Å². The number of benzene rings is 3. The highest BCUT2D eigenvalue weighted by molar-refractivity contribution is 6.30. The summed E-state index contributed by atoms with van der Waals surface area (Å²) in [4.78, 5) is 7.40. The summed E-state index contributed by atoms with van der Waals surface area (Å²) in [6, 6.07) is 17.7. The Morgan fingerprint density at radius 1 is 1.00 bits per heavy atom. The Kier molecular flexibility index (Phi) is 6.10. The molecule has 1 aromatic heterocycles. The average Bonchev–Trinajstić information content (AvgIpc) is 3.28. The van der Waals surface area contributed by atoms with Crippen LogP contribution in [-0.4, -0.2) is 17.1 Å². The molecule has 0 radical (unpaired) electrons. The van der Waals surface area contributed by atoms with Gasteiger partial charge in [-0.05, 0) is 42.0 Å². The van der Waals surface area contributed by atoms with Gasteiger partial charge in [-0.3, -0.25) is 0 Å². The number of hydrogen-bond donors (Lipinski definition) is 1. The molecule has 0 amide bonds. The van der Waals surface area contributed by atoms with Crippen molar-refractivity contribution in [2.75, 3.05) is 7.11 Å². The van der Waals surface area contributed by atoms with Crippen molar-refractivity contribution in [3.63, 3.8) is 0 Å². The van der Waals surface area contributed by atoms with Crippen LogP contribution in [0.1, 0.15) is 11.1 Å². The van der Waals surface area contributed by atoms with Gasteiger partial charge in [-0.1, -0.05) is 35.9 Å². The van der Waals surface area contributed by atoms with Crippen LogP contribution in [0.15, 0.2) is 72.9 Å². The molecule has 0 aliphatic carbocycles. The molecule has 0 atom stereocenters. The number of imidazole rings is 1. The van der Waals surface area contributed by atoms with Crippen molar-refractivity contribution >= 4 is 11.6 Å². The van der Waals surface area contributed by atoms with Gasteiger partial charge in [0.05, 0.1) is 18.4 Å². The van der Waals surface area contributed by atoms with Gasteiger partial charge in [-0.15, -0.1) is 0 Å². The third-order valence-corrected chi connectivity index (χ3v) is 5.06. The van der Waals surface area contributed by atoms with Gasteiger partial charge in [0.2, 0.25) is 0 Å². The van der Waals surface area contributed by atoms with E-state index in [2.05, 4.69) is 9.97 Å². The molecule has 0 saturated heterocycles. The molecule has 0 spiro atoms. The first-order valence-electron chi connectivity index (χ1n) is 9.62. The highest BCUT2D eigenvalue weighted by Gasteiger charge is 2.30. The minimum Gasteiger partial charge on any atom is -0.496 e. The highest BCUT2D eigenvalue weighted by Crippen LogP contribution is 2.35. The normalized spacial score (nSPS) is 11.4. The zero-order valence-electron chi connectivity index (χ0n) is 16.9. The minimum atomic E-state index is -4.42. The monoisotopic (exact) mass is 458 g/mol. The predicted octanol–water partition coefficient (Wildman–Crippen LogP) is 7.00. The smallest absolute Gasteiger partial charge is 0.416 e. The van der Waals surface area contributed by atoms with Crippen LogP contribution in [0.25, 0.3) is 22.6 Å². The molecule has 0 fully saturated rings. The van der Waals surface area contributed by atoms with E-state index in [0.29, 0.717) is 45.8 Å². The number of H-pyrrole nitrogens is 1. The number of aromatic nitrogens is 2. The van der Waals surface area contributed by atoms with Gasteiger partial charge in [0, 0.05) is 28.4 Å². The summed E-state index contributed by atoms with van der Waals surface area (Å²) in [6.45, 7) is 0.363. The van der Waals surface area contributed by atoms with E-state index in [-0.39, 0.29) is 0 Å². The van der Waals surface area contributed by atoms with E-state index in [4.69, 9.17) is 21.1 Å². The molecular formula is C24H18ClF3N2O2. The number of nitrogens with one attached hydrogen (secondary N) is 1. The maximum atomic E-state index is 13.0. The Morgan fingerprint density at radius 2 is 1.78 bits per heavy atom. The van der Waals surface area contributed by atoms with E-state index >= 15 is 0 Å². The third-order valence-electron chi connectivity index (χ3n) is 4.81. The molecule has 0 unspecified atom stereocenters. The van der Waals surface area contributed by atoms with Crippen molar-refractivity contribution in [2.45, 2.75) is 12.8 Å². The first-order chi connectivity index (χ1) is 15.3. The molecule has 4 aromatic rings. The number of aromatic amines is 1. The quantitative estimate of drug-likeness (QED) is 0.338. The molecule has 0 aliphatic heterocycles. The van der Waals surface area contributed by atoms with Gasteiger partial charge < -0.3 is 14.5 Å². The van der Waals surface area contributed by atoms with Crippen LogP contribution in [0.3, 0.4) is 0 Å². The van der Waals surface area contributed by atoms with Gasteiger partial charge in [-0.2, -0.15) is 13.2 Å². The highest BCUT2D eigenvalue weighted by atomic mass is 35.5. The second-order valence-electron chi connectivity index (χ2n) is 6.99. The molecular weight excluding hydrogens is 441 g/mol. The topological polar surface area (TPSA) is 47.1 Å². The fourth-order valence-electron chi connectivity index (χ4n) is 3.17. The van der Waals surface area contributed by atoms with Gasteiger partial charge in [0.25, 0.3) is 0 Å². The van der Waals surface area contributed by atoms with E-state index in [1.807, 2.05) is 12.1 Å². The molecule has 0 bridgehead atoms. The van der Waals surface area contributed by atoms with Crippen LogP contribution in [0.5, 0.6) is 11.5 Å². The Balaban J connectivity index is 1.55. The number of alkyl halides is 3. The summed E-state index contributed by atoms with van der Waals surface area (Å²) in [5, 5.41) is 0.656. The minimum absolute atomic E-state index is 0.330. The van der Waals surface area contributed by atoms with Crippen molar-refractivity contribution in [1.82, 2.24) is 9.97 Å². The first kappa shape index (κ1) is 21.8. The fraction of sp³-hybridized carbons (Fsp3) is 0.125. The number of halogens is 4. The van der Waals surface area contributed by atoms with E-state index in [0.717, 1.165) is 17.7 Å². The van der Waals surface area contributed by atoms with Gasteiger partial charge in [0.1, 0.15) is 23.9 Å². The molecule has 1 heterocycles. The summed E-state index contributed by atoms with van der Waals surface area (Å²) in [5.41, 5.74) is 1.80. The van der Waals surface area contributed by atoms with Crippen molar-refractivity contribution in [3.8, 4) is 34.1 Å². The zero-order chi connectivity index (χ0) is 22.7. The number of ether oxygens (including phenoxy) is 2. The number of nitrogens with zero attached hydrogens (tertiary/aromatic N) is 1. The Labute approximate surface area is 187 Å². The van der Waals surface area contributed by atoms with Gasteiger partial charge >= 0.3 is 6.18 Å². The van der Waals surface area contributed by atoms with Crippen LogP contribution in [0, 0.1) is 0 Å². The van der Waals surface area contributed by atoms with Gasteiger partial charge in [-0.25, -0.2) is 4.98 Å². The molecule has 1 N–H and O–H groups in total. The fourth-order valence-corrected chi connectivity index (χ4v) is 3.30. The molecule has 164 valence electrons. The molecule has 0 saturated carbocycles. The Bertz CT molecular complexity index is 1220. The average molecular weight is 459 g/mol. The second kappa shape index (κ2) is 8.96. The number of methoxy groups -OCH3 is 1. The maximum Gasteiger partial charge on any atom is 0.416 e. The lowest BCUT2D eigenvalue weighted by molar-refractivity contribution is -0.137. The van der Waals surface area contributed by atoms with Crippen molar-refractivity contribution in [2.24, 2.45) is 0 Å². The lowest BCUT2D eigenvalue weighted by Gasteiger charge is -2.11. The maximum absolute atomic E-state index is 13.0. The number of hydrogen-bond acceptors (Lipinski definition) is 3. The Hall–Kier alpha value is -3.45. The van der Waals surface area contributed by atoms with Crippen molar-refractivity contribution < 1.29 is 22.6 Å². The van der Waals surface area contributed by atoms with Crippen molar-refractivity contribution in [1.29, 1.82) is 0 Å². The molecule has 8 heteroatoms. The van der Waals surface area contributed by atoms with E-state index in [9.17, 15) is 13.2 Å². The van der Waals surface area contributed by atoms with E-state index in [1.54, 1.807) is 42.6 Å². The molecule has 3 aromatic carbocycles. The predicted molar refractivity (Wildman–Crippen MR) is 117 cm³/mol. The van der Waals surface area contributed by atoms with Crippen LogP contribution in [0.2, 0.25) is 5.02 Å². The summed E-state index contributed by atoms with van der Waals surface area (Å²) in [5.74, 6) is 1.46. The molecule has 32 heavy (non-hydrogen) atoms. The van der Waals surface area contributed by atoms with E-state index in [1.165, 1.54) is 13.2 Å². The summed E-state index contributed by atoms with van der Waals surface area (Å²) < 4.78 is 50.4. The van der Waals surface area contributed by atoms with Gasteiger partial charge in [0.15, 0.2) is 0 Å². The Morgan fingerprint density at radius 3 is 2.50 bits per heavy atom. The standard InChI is InChI=1S/C24H18ClF3N2O2/c1-31-22-12-19(32-14-15-5-7-18(25)8-6-15)9-10-20(22)21-13-29-23(30-21)16-3-2-4-17(11-16)24(26,27)28/h2-13H,14H2,1H3,(H,29,30). The van der Waals surface area contributed by atoms with Crippen LogP contribution in [-0.2, 0) is 12.8 Å². The van der Waals surface area contributed by atoms with Crippen LogP contribution in [0.4, 0.5) is 13.2 Å². The lowest BCUT2D eigenvalue weighted by atomic mass is 10.1. The lowest BCUT2D eigenvalue weighted by Crippen LogP contribution is -2.04. The largest absolute Gasteiger partial charge is 0.496 e. The molecule has 0 aliphatic rings. The number of rotatable bonds is 6. The SMILES string of the molecule is COc1cc(OCc2ccc(Cl)cc2)ccc1-c1c[nH]c(-c2cccc(C(F)(F)F)c2)n1. The first-order valence-corrected chi connectivity index (χ1v) is 10.00. The summed E-state index contributed by atoms with van der Waals surface area (Å²) in [6.07, 6.45) is -2.79. The summed E-state index contributed by atoms with van der Waals surface area (Å²) in [7, 11) is 1.53. The van der Waals surface area contributed by atoms with Crippen molar-refractivity contribution in [3.05, 3.63) is 89.1 Å². The van der Waals surface area contributed by atoms with E-state index < -0.39 is 11.7 Å². The zero-order valence-corrected chi connectivity index (χ0v) is 17.7. The molecule has 4 rings (SSSR count). The van der Waals surface area contributed by atoms with Crippen LogP contribution >= 0.6 is 11.6 Å². The molecule has 4 nitrogen and oxygen atoms in total.